The Kier molecular flexibility index (Phi) is 5.33. The third-order valence-corrected chi connectivity index (χ3v) is 4.43. The van der Waals surface area contributed by atoms with Gasteiger partial charge < -0.3 is 20.2 Å². The number of carboxylic acids is 1. The first-order valence-corrected chi connectivity index (χ1v) is 8.38. The molecule has 3 N–H and O–H groups in total. The number of nitrogens with zero attached hydrogens (tertiary/aromatic N) is 3. The number of nitrogens with one attached hydrogen (secondary N) is 2. The number of allylic oxidation sites excluding steroid dienone is 1. The van der Waals surface area contributed by atoms with Gasteiger partial charge in [0.05, 0.1) is 12.7 Å². The van der Waals surface area contributed by atoms with E-state index < -0.39 is 32.5 Å². The number of carbonyl (C=O) groups is 2. The number of hydrazine groups is 2. The van der Waals surface area contributed by atoms with E-state index in [4.69, 9.17) is 9.84 Å². The van der Waals surface area contributed by atoms with E-state index in [1.807, 2.05) is 5.43 Å². The van der Waals surface area contributed by atoms with E-state index in [9.17, 15) is 23.2 Å². The standard InChI is InChI=1S/C13H14N5O7S/c1-8-7-11(25-2)14-18(17(8)22)15-13(21)16-26(23,24)10-6-4-3-5-9(10)12(19)20/h3-7H,1-2H3,(H,19,20)(H2,15,16,21)/q-1. The van der Waals surface area contributed by atoms with Crippen molar-refractivity contribution in [1.82, 2.24) is 20.5 Å². The largest absolute Gasteiger partial charge is 0.736 e. The molecule has 13 heteroatoms. The van der Waals surface area contributed by atoms with Gasteiger partial charge in [-0.15, -0.1) is 5.23 Å². The molecule has 0 bridgehead atoms. The first kappa shape index (κ1) is 19.0. The molecule has 26 heavy (non-hydrogen) atoms. The van der Waals surface area contributed by atoms with Crippen LogP contribution in [0.5, 0.6) is 0 Å². The van der Waals surface area contributed by atoms with Gasteiger partial charge >= 0.3 is 12.0 Å². The Hall–Kier alpha value is -3.32. The van der Waals surface area contributed by atoms with Gasteiger partial charge in [-0.05, 0) is 19.1 Å². The molecule has 2 amide bonds. The monoisotopic (exact) mass is 384 g/mol. The number of urea groups is 1. The molecule has 0 atom stereocenters. The lowest BCUT2D eigenvalue weighted by Crippen LogP contribution is -2.53. The lowest BCUT2D eigenvalue weighted by Gasteiger charge is -2.40. The van der Waals surface area contributed by atoms with Crippen molar-refractivity contribution in [3.8, 4) is 0 Å². The molecule has 0 fully saturated rings. The Morgan fingerprint density at radius 3 is 2.58 bits per heavy atom. The van der Waals surface area contributed by atoms with Gasteiger partial charge in [0.2, 0.25) is 5.90 Å². The Morgan fingerprint density at radius 2 is 1.96 bits per heavy atom. The van der Waals surface area contributed by atoms with Gasteiger partial charge in [-0.1, -0.05) is 17.2 Å². The maximum absolute atomic E-state index is 12.3. The van der Waals surface area contributed by atoms with E-state index in [1.165, 1.54) is 32.2 Å². The molecular formula is C13H14N5O7S-. The molecule has 0 saturated carbocycles. The number of benzene rings is 1. The minimum atomic E-state index is -4.52. The second-order valence-corrected chi connectivity index (χ2v) is 6.49. The Balaban J connectivity index is 2.19. The summed E-state index contributed by atoms with van der Waals surface area (Å²) in [5.41, 5.74) is 1.49. The summed E-state index contributed by atoms with van der Waals surface area (Å²) in [7, 11) is -3.23. The van der Waals surface area contributed by atoms with Crippen molar-refractivity contribution in [3.05, 3.63) is 46.8 Å². The summed E-state index contributed by atoms with van der Waals surface area (Å²) in [5, 5.41) is 25.1. The van der Waals surface area contributed by atoms with Crippen LogP contribution in [0.4, 0.5) is 4.79 Å². The van der Waals surface area contributed by atoms with Crippen LogP contribution in [0, 0.1) is 5.21 Å². The van der Waals surface area contributed by atoms with E-state index in [0.29, 0.717) is 5.23 Å². The van der Waals surface area contributed by atoms with Crippen molar-refractivity contribution in [1.29, 1.82) is 0 Å². The fourth-order valence-electron chi connectivity index (χ4n) is 1.88. The molecule has 0 aliphatic carbocycles. The van der Waals surface area contributed by atoms with Crippen LogP contribution in [0.3, 0.4) is 0 Å². The molecule has 1 aliphatic heterocycles. The molecule has 0 spiro atoms. The van der Waals surface area contributed by atoms with Crippen LogP contribution < -0.4 is 10.1 Å². The molecule has 12 nitrogen and oxygen atoms in total. The van der Waals surface area contributed by atoms with Crippen molar-refractivity contribution < 1.29 is 27.9 Å². The molecule has 0 aromatic heterocycles. The van der Waals surface area contributed by atoms with E-state index >= 15 is 0 Å². The summed E-state index contributed by atoms with van der Waals surface area (Å²) >= 11 is 0. The SMILES string of the molecule is COC1=NN(NC(=O)NS(=O)(=O)c2ccccc2C(=O)O)N([O-])C(C)=C1. The van der Waals surface area contributed by atoms with Crippen LogP contribution in [-0.4, -0.2) is 48.9 Å². The van der Waals surface area contributed by atoms with Gasteiger partial charge in [0.15, 0.2) is 0 Å². The average molecular weight is 384 g/mol. The summed E-state index contributed by atoms with van der Waals surface area (Å²) < 4.78 is 31.0. The van der Waals surface area contributed by atoms with Crippen molar-refractivity contribution in [2.45, 2.75) is 11.8 Å². The third kappa shape index (κ3) is 4.01. The molecule has 1 aliphatic rings. The summed E-state index contributed by atoms with van der Waals surface area (Å²) in [6, 6.07) is 3.39. The average Bonchev–Trinajstić information content (AvgIpc) is 2.58. The zero-order valence-corrected chi connectivity index (χ0v) is 14.3. The lowest BCUT2D eigenvalue weighted by molar-refractivity contribution is 0.00987. The normalized spacial score (nSPS) is 14.3. The number of aromatic carboxylic acids is 1. The lowest BCUT2D eigenvalue weighted by atomic mass is 10.2. The Bertz CT molecular complexity index is 896. The van der Waals surface area contributed by atoms with Gasteiger partial charge in [0, 0.05) is 11.8 Å². The van der Waals surface area contributed by atoms with Gasteiger partial charge in [0.25, 0.3) is 10.0 Å². The van der Waals surface area contributed by atoms with E-state index in [1.54, 1.807) is 4.72 Å². The predicted molar refractivity (Wildman–Crippen MR) is 87.5 cm³/mol. The molecule has 1 aromatic rings. The number of carbonyl (C=O) groups excluding carboxylic acids is 1. The zero-order valence-electron chi connectivity index (χ0n) is 13.5. The summed E-state index contributed by atoms with van der Waals surface area (Å²) in [5.74, 6) is -1.49. The number of rotatable bonds is 4. The first-order valence-electron chi connectivity index (χ1n) is 6.89. The van der Waals surface area contributed by atoms with E-state index in [-0.39, 0.29) is 16.8 Å². The molecule has 0 unspecified atom stereocenters. The molecular weight excluding hydrogens is 370 g/mol. The third-order valence-electron chi connectivity index (χ3n) is 3.04. The van der Waals surface area contributed by atoms with Crippen LogP contribution in [0.15, 0.2) is 46.0 Å². The maximum atomic E-state index is 12.3. The van der Waals surface area contributed by atoms with Crippen molar-refractivity contribution >= 4 is 27.9 Å². The molecule has 140 valence electrons. The van der Waals surface area contributed by atoms with Gasteiger partial charge in [0.1, 0.15) is 4.90 Å². The van der Waals surface area contributed by atoms with Crippen molar-refractivity contribution in [3.63, 3.8) is 0 Å². The zero-order chi connectivity index (χ0) is 19.5. The van der Waals surface area contributed by atoms with Gasteiger partial charge in [-0.3, -0.25) is 0 Å². The molecule has 1 aromatic carbocycles. The van der Waals surface area contributed by atoms with Crippen molar-refractivity contribution in [2.24, 2.45) is 5.10 Å². The molecule has 2 rings (SSSR count). The van der Waals surface area contributed by atoms with Crippen LogP contribution in [0.1, 0.15) is 17.3 Å². The highest BCUT2D eigenvalue weighted by atomic mass is 32.2. The number of ether oxygens (including phenoxy) is 1. The number of hydroxylamine groups is 1. The maximum Gasteiger partial charge on any atom is 0.350 e. The fraction of sp³-hybridized carbons (Fsp3) is 0.154. The first-order chi connectivity index (χ1) is 12.2. The summed E-state index contributed by atoms with van der Waals surface area (Å²) in [6.07, 6.45) is 1.29. The number of amides is 2. The molecule has 1 heterocycles. The number of hydrazone groups is 1. The highest BCUT2D eigenvalue weighted by Gasteiger charge is 2.25. The van der Waals surface area contributed by atoms with Crippen molar-refractivity contribution in [2.75, 3.05) is 7.11 Å². The summed E-state index contributed by atoms with van der Waals surface area (Å²) in [6.45, 7) is 1.41. The van der Waals surface area contributed by atoms with Crippen LogP contribution in [-0.2, 0) is 14.8 Å². The fourth-order valence-corrected chi connectivity index (χ4v) is 2.99. The minimum Gasteiger partial charge on any atom is -0.736 e. The number of carboxylic acid groups (broad SMARTS) is 1. The number of sulfonamides is 1. The highest BCUT2D eigenvalue weighted by molar-refractivity contribution is 7.90. The predicted octanol–water partition coefficient (Wildman–Crippen LogP) is 0.182. The Labute approximate surface area is 147 Å². The van der Waals surface area contributed by atoms with Crippen LogP contribution in [0.2, 0.25) is 0 Å². The highest BCUT2D eigenvalue weighted by Crippen LogP contribution is 2.15. The number of hydrogen-bond donors (Lipinski definition) is 3. The minimum absolute atomic E-state index is 0.00557. The second-order valence-electron chi connectivity index (χ2n) is 4.84. The number of hydrogen-bond acceptors (Lipinski definition) is 9. The summed E-state index contributed by atoms with van der Waals surface area (Å²) in [4.78, 5) is 22.5. The van der Waals surface area contributed by atoms with E-state index in [2.05, 4.69) is 5.10 Å². The smallest absolute Gasteiger partial charge is 0.350 e. The van der Waals surface area contributed by atoms with Gasteiger partial charge in [-0.2, -0.15) is 0 Å². The Morgan fingerprint density at radius 1 is 1.31 bits per heavy atom. The van der Waals surface area contributed by atoms with Gasteiger partial charge in [-0.25, -0.2) is 28.2 Å². The number of methoxy groups -OCH3 is 1. The molecule has 0 saturated heterocycles. The van der Waals surface area contributed by atoms with E-state index in [0.717, 1.165) is 12.1 Å². The topological polar surface area (TPSA) is 164 Å². The second kappa shape index (κ2) is 7.28. The van der Waals surface area contributed by atoms with Crippen LogP contribution >= 0.6 is 0 Å². The molecule has 0 radical (unpaired) electrons. The quantitative estimate of drug-likeness (QED) is 0.657. The van der Waals surface area contributed by atoms with Crippen LogP contribution in [0.25, 0.3) is 0 Å².